The van der Waals surface area contributed by atoms with Crippen LogP contribution in [0.3, 0.4) is 0 Å². The Morgan fingerprint density at radius 3 is 2.62 bits per heavy atom. The van der Waals surface area contributed by atoms with Crippen LogP contribution in [0.2, 0.25) is 0 Å². The molecule has 1 unspecified atom stereocenters. The normalized spacial score (nSPS) is 17.1. The van der Waals surface area contributed by atoms with E-state index in [1.165, 1.54) is 10.5 Å². The van der Waals surface area contributed by atoms with Crippen molar-refractivity contribution in [1.29, 1.82) is 0 Å². The predicted octanol–water partition coefficient (Wildman–Crippen LogP) is 2.38. The number of hydrogen-bond acceptors (Lipinski definition) is 2. The molecule has 0 radical (unpaired) electrons. The van der Waals surface area contributed by atoms with Gasteiger partial charge in [0.1, 0.15) is 11.7 Å². The predicted molar refractivity (Wildman–Crippen MR) is 92.7 cm³/mol. The van der Waals surface area contributed by atoms with Gasteiger partial charge in [-0.2, -0.15) is 0 Å². The van der Waals surface area contributed by atoms with Gasteiger partial charge in [0.05, 0.1) is 6.54 Å². The van der Waals surface area contributed by atoms with E-state index >= 15 is 0 Å². The molecule has 1 atom stereocenters. The van der Waals surface area contributed by atoms with Gasteiger partial charge < -0.3 is 14.8 Å². The Kier molecular flexibility index (Phi) is 4.42. The molecule has 2 aromatic rings. The lowest BCUT2D eigenvalue weighted by Crippen LogP contribution is -2.53. The van der Waals surface area contributed by atoms with Crippen LogP contribution in [-0.4, -0.2) is 34.4 Å². The summed E-state index contributed by atoms with van der Waals surface area (Å²) in [6.07, 6.45) is 1.84. The Morgan fingerprint density at radius 2 is 1.96 bits per heavy atom. The highest BCUT2D eigenvalue weighted by Crippen LogP contribution is 2.17. The molecule has 0 saturated heterocycles. The zero-order chi connectivity index (χ0) is 17.3. The van der Waals surface area contributed by atoms with Crippen LogP contribution in [0.1, 0.15) is 41.4 Å². The largest absolute Gasteiger partial charge is 0.350 e. The molecule has 5 heteroatoms. The van der Waals surface area contributed by atoms with E-state index in [0.29, 0.717) is 24.7 Å². The number of carbonyl (C=O) groups is 2. The van der Waals surface area contributed by atoms with Crippen molar-refractivity contribution < 1.29 is 9.59 Å². The molecular weight excluding hydrogens is 302 g/mol. The number of carbonyl (C=O) groups excluding carboxylic acids is 2. The SMILES string of the molecule is CC(C)c1ccc(CNC(=O)C2Cn3cccc3C(=O)N2C)cc1. The first-order chi connectivity index (χ1) is 11.5. The van der Waals surface area contributed by atoms with Crippen molar-refractivity contribution in [3.05, 3.63) is 59.4 Å². The molecule has 1 aromatic heterocycles. The first-order valence-corrected chi connectivity index (χ1v) is 8.26. The number of benzene rings is 1. The zero-order valence-corrected chi connectivity index (χ0v) is 14.3. The summed E-state index contributed by atoms with van der Waals surface area (Å²) in [5.41, 5.74) is 2.97. The van der Waals surface area contributed by atoms with Crippen LogP contribution < -0.4 is 5.32 Å². The molecule has 2 amide bonds. The highest BCUT2D eigenvalue weighted by atomic mass is 16.2. The highest BCUT2D eigenvalue weighted by Gasteiger charge is 2.33. The summed E-state index contributed by atoms with van der Waals surface area (Å²) in [6.45, 7) is 5.27. The summed E-state index contributed by atoms with van der Waals surface area (Å²) in [5, 5.41) is 2.95. The number of nitrogens with one attached hydrogen (secondary N) is 1. The van der Waals surface area contributed by atoms with Crippen LogP contribution >= 0.6 is 0 Å². The molecule has 3 rings (SSSR count). The minimum absolute atomic E-state index is 0.118. The Hall–Kier alpha value is -2.56. The van der Waals surface area contributed by atoms with Crippen LogP contribution in [0.4, 0.5) is 0 Å². The van der Waals surface area contributed by atoms with E-state index in [1.54, 1.807) is 13.1 Å². The number of nitrogens with zero attached hydrogens (tertiary/aromatic N) is 2. The second kappa shape index (κ2) is 6.51. The number of amides is 2. The lowest BCUT2D eigenvalue weighted by molar-refractivity contribution is -0.126. The highest BCUT2D eigenvalue weighted by molar-refractivity contribution is 5.97. The summed E-state index contributed by atoms with van der Waals surface area (Å²) in [7, 11) is 1.68. The molecule has 2 heterocycles. The van der Waals surface area contributed by atoms with Crippen LogP contribution in [0.15, 0.2) is 42.6 Å². The van der Waals surface area contributed by atoms with Gasteiger partial charge in [-0.1, -0.05) is 38.1 Å². The van der Waals surface area contributed by atoms with Gasteiger partial charge in [-0.25, -0.2) is 0 Å². The van der Waals surface area contributed by atoms with Crippen LogP contribution in [0.5, 0.6) is 0 Å². The number of hydrogen-bond donors (Lipinski definition) is 1. The van der Waals surface area contributed by atoms with Crippen molar-refractivity contribution in [2.24, 2.45) is 0 Å². The zero-order valence-electron chi connectivity index (χ0n) is 14.3. The summed E-state index contributed by atoms with van der Waals surface area (Å²) in [6, 6.07) is 11.4. The van der Waals surface area contributed by atoms with E-state index < -0.39 is 6.04 Å². The molecule has 0 spiro atoms. The van der Waals surface area contributed by atoms with Gasteiger partial charge in [-0.15, -0.1) is 0 Å². The first kappa shape index (κ1) is 16.3. The summed E-state index contributed by atoms with van der Waals surface area (Å²) < 4.78 is 1.84. The van der Waals surface area contributed by atoms with Crippen LogP contribution in [-0.2, 0) is 17.9 Å². The van der Waals surface area contributed by atoms with Crippen molar-refractivity contribution in [3.63, 3.8) is 0 Å². The van der Waals surface area contributed by atoms with E-state index in [0.717, 1.165) is 5.56 Å². The summed E-state index contributed by atoms with van der Waals surface area (Å²) in [5.74, 6) is 0.247. The molecule has 5 nitrogen and oxygen atoms in total. The minimum atomic E-state index is -0.479. The van der Waals surface area contributed by atoms with Crippen molar-refractivity contribution in [3.8, 4) is 0 Å². The average Bonchev–Trinajstić information content (AvgIpc) is 3.05. The molecule has 0 aliphatic carbocycles. The summed E-state index contributed by atoms with van der Waals surface area (Å²) in [4.78, 5) is 26.3. The van der Waals surface area contributed by atoms with Crippen molar-refractivity contribution in [2.75, 3.05) is 7.05 Å². The molecule has 0 fully saturated rings. The maximum Gasteiger partial charge on any atom is 0.270 e. The van der Waals surface area contributed by atoms with Gasteiger partial charge in [0.25, 0.3) is 5.91 Å². The molecule has 1 N–H and O–H groups in total. The van der Waals surface area contributed by atoms with E-state index in [4.69, 9.17) is 0 Å². The van der Waals surface area contributed by atoms with Gasteiger partial charge >= 0.3 is 0 Å². The fourth-order valence-corrected chi connectivity index (χ4v) is 2.98. The van der Waals surface area contributed by atoms with E-state index in [9.17, 15) is 9.59 Å². The second-order valence-electron chi connectivity index (χ2n) is 6.59. The van der Waals surface area contributed by atoms with Gasteiger partial charge in [0.2, 0.25) is 5.91 Å². The third kappa shape index (κ3) is 3.07. The van der Waals surface area contributed by atoms with E-state index in [1.807, 2.05) is 29.0 Å². The monoisotopic (exact) mass is 325 g/mol. The van der Waals surface area contributed by atoms with E-state index in [2.05, 4.69) is 31.3 Å². The molecule has 24 heavy (non-hydrogen) atoms. The minimum Gasteiger partial charge on any atom is -0.350 e. The fourth-order valence-electron chi connectivity index (χ4n) is 2.98. The molecule has 0 saturated carbocycles. The second-order valence-corrected chi connectivity index (χ2v) is 6.59. The Labute approximate surface area is 142 Å². The Bertz CT molecular complexity index is 746. The summed E-state index contributed by atoms with van der Waals surface area (Å²) >= 11 is 0. The third-order valence-electron chi connectivity index (χ3n) is 4.62. The lowest BCUT2D eigenvalue weighted by Gasteiger charge is -2.32. The topological polar surface area (TPSA) is 54.3 Å². The molecule has 1 aromatic carbocycles. The van der Waals surface area contributed by atoms with Gasteiger partial charge in [-0.05, 0) is 29.2 Å². The van der Waals surface area contributed by atoms with Gasteiger partial charge in [0.15, 0.2) is 0 Å². The first-order valence-electron chi connectivity index (χ1n) is 8.26. The van der Waals surface area contributed by atoms with Crippen molar-refractivity contribution in [1.82, 2.24) is 14.8 Å². The average molecular weight is 325 g/mol. The fraction of sp³-hybridized carbons (Fsp3) is 0.368. The number of likely N-dealkylation sites (N-methyl/N-ethyl adjacent to an activating group) is 1. The van der Waals surface area contributed by atoms with Crippen molar-refractivity contribution in [2.45, 2.75) is 38.9 Å². The quantitative estimate of drug-likeness (QED) is 0.938. The third-order valence-corrected chi connectivity index (χ3v) is 4.62. The van der Waals surface area contributed by atoms with Gasteiger partial charge in [0, 0.05) is 19.8 Å². The molecular formula is C19H23N3O2. The smallest absolute Gasteiger partial charge is 0.270 e. The maximum atomic E-state index is 12.5. The van der Waals surface area contributed by atoms with Gasteiger partial charge in [-0.3, -0.25) is 9.59 Å². The maximum absolute atomic E-state index is 12.5. The molecule has 0 bridgehead atoms. The van der Waals surface area contributed by atoms with E-state index in [-0.39, 0.29) is 11.8 Å². The Morgan fingerprint density at radius 1 is 1.25 bits per heavy atom. The number of aromatic nitrogens is 1. The molecule has 1 aliphatic heterocycles. The lowest BCUT2D eigenvalue weighted by atomic mass is 10.0. The van der Waals surface area contributed by atoms with Crippen LogP contribution in [0, 0.1) is 0 Å². The van der Waals surface area contributed by atoms with Crippen molar-refractivity contribution >= 4 is 11.8 Å². The van der Waals surface area contributed by atoms with Crippen LogP contribution in [0.25, 0.3) is 0 Å². The standard InChI is InChI=1S/C19H23N3O2/c1-13(2)15-8-6-14(7-9-15)11-20-18(23)17-12-22-10-4-5-16(22)19(24)21(17)3/h4-10,13,17H,11-12H2,1-3H3,(H,20,23). The molecule has 126 valence electrons. The molecule has 1 aliphatic rings. The Balaban J connectivity index is 1.64. The number of fused-ring (bicyclic) bond motifs is 1. The number of rotatable bonds is 4.